The van der Waals surface area contributed by atoms with E-state index in [2.05, 4.69) is 0 Å². The first-order valence-corrected chi connectivity index (χ1v) is 20.5. The van der Waals surface area contributed by atoms with Crippen molar-refractivity contribution in [2.75, 3.05) is 26.3 Å². The van der Waals surface area contributed by atoms with Crippen LogP contribution in [0.2, 0.25) is 0 Å². The van der Waals surface area contributed by atoms with Crippen molar-refractivity contribution in [3.8, 4) is 0 Å². The molecule has 0 radical (unpaired) electrons. The lowest BCUT2D eigenvalue weighted by atomic mass is 9.84. The molecule has 28 nitrogen and oxygen atoms in total. The van der Waals surface area contributed by atoms with Gasteiger partial charge in [-0.15, -0.1) is 0 Å². The molecule has 28 heteroatoms. The van der Waals surface area contributed by atoms with E-state index in [0.717, 1.165) is 0 Å². The zero-order chi connectivity index (χ0) is 46.1. The molecule has 4 heterocycles. The second-order valence-corrected chi connectivity index (χ2v) is 16.8. The van der Waals surface area contributed by atoms with E-state index in [1.165, 1.54) is 0 Å². The van der Waals surface area contributed by atoms with Crippen LogP contribution in [-0.2, 0) is 37.9 Å². The largest absolute Gasteiger partial charge is 0.389 e. The van der Waals surface area contributed by atoms with E-state index in [1.807, 2.05) is 0 Å². The molecule has 6 aliphatic rings. The summed E-state index contributed by atoms with van der Waals surface area (Å²) in [5, 5.41) is 111. The van der Waals surface area contributed by atoms with Gasteiger partial charge in [-0.1, -0.05) is 0 Å². The minimum atomic E-state index is -1.57. The molecule has 364 valence electrons. The van der Waals surface area contributed by atoms with Crippen LogP contribution in [0.25, 0.3) is 0 Å². The number of aliphatic hydroxyl groups is 11. The van der Waals surface area contributed by atoms with Crippen LogP contribution in [0.5, 0.6) is 0 Å². The summed E-state index contributed by atoms with van der Waals surface area (Å²) in [6, 6.07) is -6.27. The van der Waals surface area contributed by atoms with E-state index >= 15 is 0 Å². The quantitative estimate of drug-likeness (QED) is 0.0967. The number of rotatable bonds is 10. The number of aliphatic hydroxyl groups excluding tert-OH is 11. The van der Waals surface area contributed by atoms with E-state index < -0.39 is 171 Å². The Labute approximate surface area is 355 Å². The van der Waals surface area contributed by atoms with E-state index in [0.29, 0.717) is 0 Å². The zero-order valence-electron chi connectivity index (χ0n) is 33.8. The summed E-state index contributed by atoms with van der Waals surface area (Å²) in [6.45, 7) is -0.646. The molecule has 0 bridgehead atoms. The summed E-state index contributed by atoms with van der Waals surface area (Å²) in [5.41, 5.74) is 53.1. The van der Waals surface area contributed by atoms with Crippen molar-refractivity contribution in [2.24, 2.45) is 51.6 Å². The standard InChI is InChI=1S/C17H35N5O9.C17H34N4O10/c18-2-7-10(24)11(25)9(22)16(29-7)30-14-4(19)1-5(20)15(13(14)27)31-17-12(26)8(21)6(23)3-28-17;18-2-7-10(24)11(25)8(21)16(29-7)30-14-4(19)1-5(20)15(13(14)27)31-17-12(26)9(23)6(22)3-28-17/h4-17,23-27H,1-3,18-22H2;4-17,22-27H,1-3,18-21H2/t4?,5?,6?,7?,8-,9?,10-,11-,12-,13+,14?,15-,16-,17?;4?,5?,6?,7?,8?,9-,10-,11-,12-,13+,14?,15-,16-,17?/m11/s1. The highest BCUT2D eigenvalue weighted by atomic mass is 16.7. The van der Waals surface area contributed by atoms with E-state index in [1.54, 1.807) is 0 Å². The fourth-order valence-corrected chi connectivity index (χ4v) is 8.27. The molecule has 0 amide bonds. The summed E-state index contributed by atoms with van der Waals surface area (Å²) in [4.78, 5) is 0. The van der Waals surface area contributed by atoms with Gasteiger partial charge in [-0.2, -0.15) is 0 Å². The molecule has 62 heavy (non-hydrogen) atoms. The summed E-state index contributed by atoms with van der Waals surface area (Å²) >= 11 is 0. The molecule has 14 unspecified atom stereocenters. The average molecular weight is 908 g/mol. The highest BCUT2D eigenvalue weighted by Gasteiger charge is 2.52. The molecule has 0 aromatic carbocycles. The van der Waals surface area contributed by atoms with Crippen LogP contribution < -0.4 is 51.6 Å². The molecule has 4 aliphatic heterocycles. The molecule has 2 aliphatic carbocycles. The van der Waals surface area contributed by atoms with Crippen LogP contribution in [-0.4, -0.2) is 254 Å². The topological polar surface area (TPSA) is 531 Å². The lowest BCUT2D eigenvalue weighted by Crippen LogP contribution is -2.68. The lowest BCUT2D eigenvalue weighted by molar-refractivity contribution is -0.315. The number of nitrogens with two attached hydrogens (primary N) is 9. The maximum Gasteiger partial charge on any atom is 0.186 e. The van der Waals surface area contributed by atoms with Crippen LogP contribution in [0.1, 0.15) is 12.8 Å². The van der Waals surface area contributed by atoms with Gasteiger partial charge in [0.05, 0.1) is 37.4 Å². The molecule has 6 rings (SSSR count). The molecule has 2 saturated carbocycles. The van der Waals surface area contributed by atoms with Crippen LogP contribution in [0, 0.1) is 0 Å². The fraction of sp³-hybridized carbons (Fsp3) is 1.00. The van der Waals surface area contributed by atoms with Crippen molar-refractivity contribution in [2.45, 2.75) is 184 Å². The van der Waals surface area contributed by atoms with Gasteiger partial charge in [0.15, 0.2) is 25.2 Å². The van der Waals surface area contributed by atoms with Crippen LogP contribution in [0.15, 0.2) is 0 Å². The zero-order valence-corrected chi connectivity index (χ0v) is 33.8. The van der Waals surface area contributed by atoms with Gasteiger partial charge in [-0.25, -0.2) is 0 Å². The highest BCUT2D eigenvalue weighted by molar-refractivity contribution is 5.03. The molecule has 0 aromatic rings. The first kappa shape index (κ1) is 51.9. The van der Waals surface area contributed by atoms with Crippen molar-refractivity contribution in [1.29, 1.82) is 0 Å². The Balaban J connectivity index is 0.000000234. The SMILES string of the molecule is NCC1O[C@H](OC2C(N)CC(N)[C@@H](OC3OCC(O)[C@@H](N)[C@H]3O)[C@H]2O)C(N)[C@@H](O)[C@@H]1O.NCC1O[C@H](OC2C(N)CC(N)[C@@H](OC3OCC(O)[C@@H](O)[C@H]3O)[C@H]2O)C(N)[C@@H](O)[C@@H]1O. The van der Waals surface area contributed by atoms with Crippen molar-refractivity contribution in [3.05, 3.63) is 0 Å². The molecule has 29 N–H and O–H groups in total. The van der Waals surface area contributed by atoms with Gasteiger partial charge in [-0.3, -0.25) is 0 Å². The highest BCUT2D eigenvalue weighted by Crippen LogP contribution is 2.32. The third-order valence-corrected chi connectivity index (χ3v) is 12.3. The van der Waals surface area contributed by atoms with Crippen LogP contribution in [0.3, 0.4) is 0 Å². The Hall–Kier alpha value is -1.12. The Morgan fingerprint density at radius 3 is 1.08 bits per heavy atom. The van der Waals surface area contributed by atoms with Gasteiger partial charge in [-0.05, 0) is 12.8 Å². The third kappa shape index (κ3) is 11.2. The van der Waals surface area contributed by atoms with Crippen molar-refractivity contribution < 1.29 is 94.1 Å². The van der Waals surface area contributed by atoms with Gasteiger partial charge >= 0.3 is 0 Å². The lowest BCUT2D eigenvalue weighted by Gasteiger charge is -2.47. The molecule has 28 atom stereocenters. The van der Waals surface area contributed by atoms with Gasteiger partial charge < -0.3 is 146 Å². The number of hydrogen-bond acceptors (Lipinski definition) is 28. The molecule has 6 fully saturated rings. The fourth-order valence-electron chi connectivity index (χ4n) is 8.27. The Morgan fingerprint density at radius 1 is 0.371 bits per heavy atom. The van der Waals surface area contributed by atoms with Crippen molar-refractivity contribution in [1.82, 2.24) is 0 Å². The summed E-state index contributed by atoms with van der Waals surface area (Å²) in [7, 11) is 0. The summed E-state index contributed by atoms with van der Waals surface area (Å²) in [6.07, 6.45) is -25.8. The number of ether oxygens (including phenoxy) is 8. The molecule has 0 aromatic heterocycles. The summed E-state index contributed by atoms with van der Waals surface area (Å²) < 4.78 is 44.5. The third-order valence-electron chi connectivity index (χ3n) is 12.3. The van der Waals surface area contributed by atoms with Gasteiger partial charge in [0.1, 0.15) is 97.7 Å². The molecular formula is C34H69N9O19. The predicted octanol–water partition coefficient (Wildman–Crippen LogP) is -13.3. The maximum atomic E-state index is 10.9. The maximum absolute atomic E-state index is 10.9. The summed E-state index contributed by atoms with van der Waals surface area (Å²) in [5.74, 6) is 0. The van der Waals surface area contributed by atoms with Gasteiger partial charge in [0.2, 0.25) is 0 Å². The second kappa shape index (κ2) is 22.1. The molecule has 4 saturated heterocycles. The predicted molar refractivity (Wildman–Crippen MR) is 206 cm³/mol. The van der Waals surface area contributed by atoms with E-state index in [9.17, 15) is 56.2 Å². The van der Waals surface area contributed by atoms with Gasteiger partial charge in [0, 0.05) is 37.3 Å². The second-order valence-electron chi connectivity index (χ2n) is 16.8. The Morgan fingerprint density at radius 2 is 0.710 bits per heavy atom. The Bertz CT molecular complexity index is 1280. The first-order valence-electron chi connectivity index (χ1n) is 20.5. The minimum Gasteiger partial charge on any atom is -0.389 e. The monoisotopic (exact) mass is 907 g/mol. The van der Waals surface area contributed by atoms with E-state index in [4.69, 9.17) is 89.5 Å². The Kier molecular flexibility index (Phi) is 18.5. The molecule has 0 spiro atoms. The van der Waals surface area contributed by atoms with Crippen LogP contribution in [0.4, 0.5) is 0 Å². The number of hydrogen-bond donors (Lipinski definition) is 20. The van der Waals surface area contributed by atoms with Crippen molar-refractivity contribution >= 4 is 0 Å². The van der Waals surface area contributed by atoms with E-state index in [-0.39, 0.29) is 39.1 Å². The minimum absolute atomic E-state index is 0.0935. The van der Waals surface area contributed by atoms with Crippen LogP contribution >= 0.6 is 0 Å². The molecular weight excluding hydrogens is 838 g/mol. The van der Waals surface area contributed by atoms with Gasteiger partial charge in [0.25, 0.3) is 0 Å². The van der Waals surface area contributed by atoms with Crippen molar-refractivity contribution in [3.63, 3.8) is 0 Å². The normalized spacial score (nSPS) is 54.0. The average Bonchev–Trinajstić information content (AvgIpc) is 3.23. The first-order chi connectivity index (χ1) is 29.1. The smallest absolute Gasteiger partial charge is 0.186 e.